The smallest absolute Gasteiger partial charge is 0.222 e. The molecule has 0 aliphatic rings. The third-order valence-electron chi connectivity index (χ3n) is 3.74. The highest BCUT2D eigenvalue weighted by molar-refractivity contribution is 6.03. The number of aromatic nitrogens is 2. The molecule has 0 saturated carbocycles. The second-order valence-electron chi connectivity index (χ2n) is 6.68. The molecule has 5 heteroatoms. The fourth-order valence-electron chi connectivity index (χ4n) is 2.69. The van der Waals surface area contributed by atoms with Crippen molar-refractivity contribution in [2.45, 2.75) is 26.4 Å². The zero-order chi connectivity index (χ0) is 18.0. The van der Waals surface area contributed by atoms with Crippen LogP contribution in [0.5, 0.6) is 17.4 Å². The van der Waals surface area contributed by atoms with Gasteiger partial charge in [-0.1, -0.05) is 0 Å². The molecule has 0 saturated heterocycles. The highest BCUT2D eigenvalue weighted by Gasteiger charge is 2.20. The Morgan fingerprint density at radius 3 is 2.28 bits per heavy atom. The summed E-state index contributed by atoms with van der Waals surface area (Å²) in [6.45, 7) is 5.98. The van der Waals surface area contributed by atoms with Crippen LogP contribution in [-0.4, -0.2) is 29.8 Å². The molecule has 0 spiro atoms. The monoisotopic (exact) mass is 338 g/mol. The van der Waals surface area contributed by atoms with Gasteiger partial charge in [0.05, 0.1) is 19.6 Å². The summed E-state index contributed by atoms with van der Waals surface area (Å²) in [7, 11) is 3.28. The van der Waals surface area contributed by atoms with Gasteiger partial charge in [-0.15, -0.1) is 0 Å². The van der Waals surface area contributed by atoms with Gasteiger partial charge in [0.2, 0.25) is 5.88 Å². The van der Waals surface area contributed by atoms with Gasteiger partial charge in [0, 0.05) is 35.6 Å². The summed E-state index contributed by atoms with van der Waals surface area (Å²) in [6.07, 6.45) is 5.33. The van der Waals surface area contributed by atoms with Gasteiger partial charge in [0.15, 0.2) is 0 Å². The van der Waals surface area contributed by atoms with E-state index in [0.29, 0.717) is 17.4 Å². The van der Waals surface area contributed by atoms with E-state index in [1.807, 2.05) is 51.2 Å². The standard InChI is InChI=1S/C20H22N2O3/c1-20(2,3)25-19-15-10-14(23-4)11-17(24-5)18(15)16(12-22-19)13-6-8-21-9-7-13/h6-12H,1-5H3. The lowest BCUT2D eigenvalue weighted by molar-refractivity contribution is 0.126. The summed E-state index contributed by atoms with van der Waals surface area (Å²) >= 11 is 0. The minimum absolute atomic E-state index is 0.367. The normalized spacial score (nSPS) is 11.4. The Morgan fingerprint density at radius 1 is 0.960 bits per heavy atom. The molecule has 0 fully saturated rings. The molecule has 2 aromatic heterocycles. The van der Waals surface area contributed by atoms with E-state index in [9.17, 15) is 0 Å². The Labute approximate surface area is 147 Å². The second-order valence-corrected chi connectivity index (χ2v) is 6.68. The number of methoxy groups -OCH3 is 2. The number of hydrogen-bond donors (Lipinski definition) is 0. The predicted molar refractivity (Wildman–Crippen MR) is 98.5 cm³/mol. The number of nitrogens with zero attached hydrogens (tertiary/aromatic N) is 2. The number of pyridine rings is 2. The molecule has 5 nitrogen and oxygen atoms in total. The molecular formula is C20H22N2O3. The van der Waals surface area contributed by atoms with Crippen molar-refractivity contribution in [1.29, 1.82) is 0 Å². The van der Waals surface area contributed by atoms with E-state index in [-0.39, 0.29) is 5.60 Å². The zero-order valence-corrected chi connectivity index (χ0v) is 15.2. The first-order chi connectivity index (χ1) is 11.9. The van der Waals surface area contributed by atoms with Crippen LogP contribution in [0.4, 0.5) is 0 Å². The Hall–Kier alpha value is -2.82. The van der Waals surface area contributed by atoms with Crippen molar-refractivity contribution in [3.8, 4) is 28.5 Å². The van der Waals surface area contributed by atoms with Crippen LogP contribution in [0.2, 0.25) is 0 Å². The molecule has 3 rings (SSSR count). The predicted octanol–water partition coefficient (Wildman–Crippen LogP) is 4.49. The van der Waals surface area contributed by atoms with Gasteiger partial charge in [-0.25, -0.2) is 4.98 Å². The van der Waals surface area contributed by atoms with E-state index in [4.69, 9.17) is 14.2 Å². The van der Waals surface area contributed by atoms with Gasteiger partial charge in [0.25, 0.3) is 0 Å². The molecule has 1 aromatic carbocycles. The Kier molecular flexibility index (Phi) is 4.49. The molecule has 130 valence electrons. The fourth-order valence-corrected chi connectivity index (χ4v) is 2.69. The van der Waals surface area contributed by atoms with Crippen LogP contribution >= 0.6 is 0 Å². The van der Waals surface area contributed by atoms with Crippen LogP contribution < -0.4 is 14.2 Å². The molecule has 25 heavy (non-hydrogen) atoms. The Balaban J connectivity index is 2.35. The topological polar surface area (TPSA) is 53.5 Å². The molecule has 0 unspecified atom stereocenters. The second kappa shape index (κ2) is 6.59. The highest BCUT2D eigenvalue weighted by atomic mass is 16.5. The third-order valence-corrected chi connectivity index (χ3v) is 3.74. The van der Waals surface area contributed by atoms with Gasteiger partial charge in [-0.05, 0) is 44.5 Å². The Morgan fingerprint density at radius 2 is 1.68 bits per heavy atom. The number of rotatable bonds is 4. The summed E-state index contributed by atoms with van der Waals surface area (Å²) in [5, 5.41) is 1.78. The van der Waals surface area contributed by atoms with Crippen molar-refractivity contribution in [2.24, 2.45) is 0 Å². The summed E-state index contributed by atoms with van der Waals surface area (Å²) in [5.41, 5.74) is 1.60. The molecule has 0 amide bonds. The quantitative estimate of drug-likeness (QED) is 0.701. The van der Waals surface area contributed by atoms with E-state index in [1.165, 1.54) is 0 Å². The molecule has 0 N–H and O–H groups in total. The number of benzene rings is 1. The minimum Gasteiger partial charge on any atom is -0.497 e. The van der Waals surface area contributed by atoms with E-state index in [1.54, 1.807) is 26.6 Å². The largest absolute Gasteiger partial charge is 0.497 e. The van der Waals surface area contributed by atoms with Crippen molar-refractivity contribution in [3.05, 3.63) is 42.9 Å². The van der Waals surface area contributed by atoms with Crippen LogP contribution in [0.3, 0.4) is 0 Å². The van der Waals surface area contributed by atoms with Gasteiger partial charge in [-0.2, -0.15) is 0 Å². The molecule has 3 aromatic rings. The molecule has 0 bridgehead atoms. The first kappa shape index (κ1) is 17.0. The van der Waals surface area contributed by atoms with Crippen LogP contribution in [0.25, 0.3) is 21.9 Å². The molecule has 0 radical (unpaired) electrons. The van der Waals surface area contributed by atoms with Crippen molar-refractivity contribution < 1.29 is 14.2 Å². The van der Waals surface area contributed by atoms with Gasteiger partial charge >= 0.3 is 0 Å². The summed E-state index contributed by atoms with van der Waals surface area (Å²) in [6, 6.07) is 7.69. The lowest BCUT2D eigenvalue weighted by atomic mass is 10.00. The molecule has 0 aliphatic heterocycles. The maximum atomic E-state index is 6.07. The number of hydrogen-bond acceptors (Lipinski definition) is 5. The lowest BCUT2D eigenvalue weighted by Gasteiger charge is -2.23. The lowest BCUT2D eigenvalue weighted by Crippen LogP contribution is -2.23. The average molecular weight is 338 g/mol. The Bertz CT molecular complexity index is 887. The van der Waals surface area contributed by atoms with Crippen LogP contribution in [-0.2, 0) is 0 Å². The van der Waals surface area contributed by atoms with Gasteiger partial charge in [0.1, 0.15) is 17.1 Å². The van der Waals surface area contributed by atoms with Crippen LogP contribution in [0.15, 0.2) is 42.9 Å². The first-order valence-electron chi connectivity index (χ1n) is 8.07. The SMILES string of the molecule is COc1cc(OC)c2c(-c3ccncc3)cnc(OC(C)(C)C)c2c1. The van der Waals surface area contributed by atoms with Gasteiger partial charge in [-0.3, -0.25) is 4.98 Å². The maximum absolute atomic E-state index is 6.07. The molecule has 2 heterocycles. The van der Waals surface area contributed by atoms with E-state index >= 15 is 0 Å². The number of ether oxygens (including phenoxy) is 3. The maximum Gasteiger partial charge on any atom is 0.222 e. The number of fused-ring (bicyclic) bond motifs is 1. The van der Waals surface area contributed by atoms with Crippen molar-refractivity contribution >= 4 is 10.8 Å². The molecular weight excluding hydrogens is 316 g/mol. The highest BCUT2D eigenvalue weighted by Crippen LogP contribution is 2.41. The molecule has 0 aliphatic carbocycles. The summed E-state index contributed by atoms with van der Waals surface area (Å²) in [5.74, 6) is 1.96. The van der Waals surface area contributed by atoms with E-state index in [0.717, 1.165) is 21.9 Å². The van der Waals surface area contributed by atoms with Crippen molar-refractivity contribution in [2.75, 3.05) is 14.2 Å². The minimum atomic E-state index is -0.367. The van der Waals surface area contributed by atoms with Gasteiger partial charge < -0.3 is 14.2 Å². The first-order valence-corrected chi connectivity index (χ1v) is 8.07. The average Bonchev–Trinajstić information content (AvgIpc) is 2.60. The third kappa shape index (κ3) is 3.50. The summed E-state index contributed by atoms with van der Waals surface area (Å²) in [4.78, 5) is 8.66. The fraction of sp³-hybridized carbons (Fsp3) is 0.300. The molecule has 0 atom stereocenters. The van der Waals surface area contributed by atoms with E-state index in [2.05, 4.69) is 9.97 Å². The van der Waals surface area contributed by atoms with Crippen molar-refractivity contribution in [3.63, 3.8) is 0 Å². The van der Waals surface area contributed by atoms with Crippen LogP contribution in [0.1, 0.15) is 20.8 Å². The van der Waals surface area contributed by atoms with Crippen molar-refractivity contribution in [1.82, 2.24) is 9.97 Å². The summed E-state index contributed by atoms with van der Waals surface area (Å²) < 4.78 is 17.1. The zero-order valence-electron chi connectivity index (χ0n) is 15.2. The van der Waals surface area contributed by atoms with E-state index < -0.39 is 0 Å². The van der Waals surface area contributed by atoms with Crippen LogP contribution in [0, 0.1) is 0 Å².